The molecule has 1 fully saturated rings. The molecule has 1 aliphatic carbocycles. The number of hydrogen-bond acceptors (Lipinski definition) is 4. The number of carbonyl (C=O) groups is 2. The van der Waals surface area contributed by atoms with E-state index in [0.29, 0.717) is 36.6 Å². The number of rotatable bonds is 7. The van der Waals surface area contributed by atoms with E-state index in [-0.39, 0.29) is 5.91 Å². The van der Waals surface area contributed by atoms with E-state index in [1.54, 1.807) is 24.3 Å². The second kappa shape index (κ2) is 7.91. The summed E-state index contributed by atoms with van der Waals surface area (Å²) in [4.78, 5) is 23.2. The molecule has 0 bridgehead atoms. The standard InChI is InChI=1S/C20H21NO5/c1-2-25-14-7-9-16(10-8-14)26-15-5-3-13(4-6-15)21-19(22)17-11-12-18(17)20(23)24/h3-10,17-18H,2,11-12H2,1H3,(H,21,22)(H,23,24). The van der Waals surface area contributed by atoms with Crippen LogP contribution in [0.5, 0.6) is 17.2 Å². The molecule has 0 radical (unpaired) electrons. The van der Waals surface area contributed by atoms with Crippen LogP contribution in [-0.2, 0) is 9.59 Å². The van der Waals surface area contributed by atoms with Crippen molar-refractivity contribution < 1.29 is 24.2 Å². The van der Waals surface area contributed by atoms with Gasteiger partial charge in [-0.1, -0.05) is 0 Å². The first-order valence-electron chi connectivity index (χ1n) is 8.61. The molecule has 1 aliphatic rings. The maximum Gasteiger partial charge on any atom is 0.307 e. The Labute approximate surface area is 151 Å². The van der Waals surface area contributed by atoms with E-state index in [9.17, 15) is 9.59 Å². The van der Waals surface area contributed by atoms with Gasteiger partial charge in [-0.25, -0.2) is 0 Å². The monoisotopic (exact) mass is 355 g/mol. The predicted octanol–water partition coefficient (Wildman–Crippen LogP) is 3.93. The van der Waals surface area contributed by atoms with Crippen LogP contribution in [0.1, 0.15) is 19.8 Å². The van der Waals surface area contributed by atoms with Crippen molar-refractivity contribution in [3.63, 3.8) is 0 Å². The van der Waals surface area contributed by atoms with Gasteiger partial charge in [0.1, 0.15) is 17.2 Å². The Morgan fingerprint density at radius 3 is 2.00 bits per heavy atom. The minimum absolute atomic E-state index is 0.246. The fourth-order valence-electron chi connectivity index (χ4n) is 2.86. The third-order valence-electron chi connectivity index (χ3n) is 4.42. The number of ether oxygens (including phenoxy) is 2. The van der Waals surface area contributed by atoms with Crippen LogP contribution in [0.15, 0.2) is 48.5 Å². The van der Waals surface area contributed by atoms with Crippen LogP contribution in [0.2, 0.25) is 0 Å². The lowest BCUT2D eigenvalue weighted by Gasteiger charge is -2.31. The van der Waals surface area contributed by atoms with Crippen molar-refractivity contribution in [3.05, 3.63) is 48.5 Å². The highest BCUT2D eigenvalue weighted by molar-refractivity contribution is 5.96. The van der Waals surface area contributed by atoms with E-state index >= 15 is 0 Å². The Morgan fingerprint density at radius 2 is 1.50 bits per heavy atom. The number of amides is 1. The Hall–Kier alpha value is -3.02. The van der Waals surface area contributed by atoms with Crippen molar-refractivity contribution in [1.82, 2.24) is 0 Å². The fourth-order valence-corrected chi connectivity index (χ4v) is 2.86. The highest BCUT2D eigenvalue weighted by atomic mass is 16.5. The summed E-state index contributed by atoms with van der Waals surface area (Å²) in [6, 6.07) is 14.3. The van der Waals surface area contributed by atoms with Crippen molar-refractivity contribution in [2.24, 2.45) is 11.8 Å². The molecule has 2 aromatic carbocycles. The highest BCUT2D eigenvalue weighted by Gasteiger charge is 2.41. The van der Waals surface area contributed by atoms with Crippen molar-refractivity contribution in [3.8, 4) is 17.2 Å². The summed E-state index contributed by atoms with van der Waals surface area (Å²) in [6.07, 6.45) is 1.17. The van der Waals surface area contributed by atoms with Crippen LogP contribution >= 0.6 is 0 Å². The molecule has 0 aliphatic heterocycles. The molecule has 6 heteroatoms. The van der Waals surface area contributed by atoms with Crippen LogP contribution in [0, 0.1) is 11.8 Å². The van der Waals surface area contributed by atoms with Gasteiger partial charge >= 0.3 is 5.97 Å². The van der Waals surface area contributed by atoms with Gasteiger partial charge in [-0.2, -0.15) is 0 Å². The summed E-state index contributed by atoms with van der Waals surface area (Å²) < 4.78 is 11.1. The molecule has 0 aromatic heterocycles. The summed E-state index contributed by atoms with van der Waals surface area (Å²) in [7, 11) is 0. The number of nitrogens with one attached hydrogen (secondary N) is 1. The molecule has 2 aromatic rings. The van der Waals surface area contributed by atoms with E-state index in [2.05, 4.69) is 5.32 Å². The number of carbonyl (C=O) groups excluding carboxylic acids is 1. The molecule has 26 heavy (non-hydrogen) atoms. The molecular formula is C20H21NO5. The smallest absolute Gasteiger partial charge is 0.307 e. The molecule has 0 spiro atoms. The minimum atomic E-state index is -0.907. The molecule has 1 saturated carbocycles. The van der Waals surface area contributed by atoms with Gasteiger partial charge in [-0.3, -0.25) is 9.59 Å². The maximum absolute atomic E-state index is 12.2. The number of hydrogen-bond donors (Lipinski definition) is 2. The first-order valence-corrected chi connectivity index (χ1v) is 8.61. The quantitative estimate of drug-likeness (QED) is 0.786. The average molecular weight is 355 g/mol. The Balaban J connectivity index is 1.56. The maximum atomic E-state index is 12.2. The highest BCUT2D eigenvalue weighted by Crippen LogP contribution is 2.35. The molecule has 3 rings (SSSR count). The third-order valence-corrected chi connectivity index (χ3v) is 4.42. The first kappa shape index (κ1) is 17.8. The number of benzene rings is 2. The number of carboxylic acid groups (broad SMARTS) is 1. The first-order chi connectivity index (χ1) is 12.6. The number of anilines is 1. The second-order valence-corrected chi connectivity index (χ2v) is 6.15. The number of carboxylic acids is 1. The SMILES string of the molecule is CCOc1ccc(Oc2ccc(NC(=O)C3CCC3C(=O)O)cc2)cc1. The van der Waals surface area contributed by atoms with Gasteiger partial charge in [0.15, 0.2) is 0 Å². The van der Waals surface area contributed by atoms with Gasteiger partial charge in [0.2, 0.25) is 5.91 Å². The van der Waals surface area contributed by atoms with Crippen molar-refractivity contribution in [1.29, 1.82) is 0 Å². The molecule has 6 nitrogen and oxygen atoms in total. The van der Waals surface area contributed by atoms with Crippen LogP contribution in [0.25, 0.3) is 0 Å². The minimum Gasteiger partial charge on any atom is -0.494 e. The average Bonchev–Trinajstić information content (AvgIpc) is 2.57. The van der Waals surface area contributed by atoms with Gasteiger partial charge in [-0.15, -0.1) is 0 Å². The van der Waals surface area contributed by atoms with E-state index in [1.807, 2.05) is 31.2 Å². The van der Waals surface area contributed by atoms with Crippen LogP contribution < -0.4 is 14.8 Å². The zero-order valence-electron chi connectivity index (χ0n) is 14.5. The summed E-state index contributed by atoms with van der Waals surface area (Å²) in [5.41, 5.74) is 0.616. The molecule has 0 saturated heterocycles. The van der Waals surface area contributed by atoms with Crippen LogP contribution in [0.3, 0.4) is 0 Å². The van der Waals surface area contributed by atoms with E-state index in [0.717, 1.165) is 5.75 Å². The molecule has 136 valence electrons. The molecule has 0 heterocycles. The predicted molar refractivity (Wildman–Crippen MR) is 96.6 cm³/mol. The summed E-state index contributed by atoms with van der Waals surface area (Å²) in [5, 5.41) is 11.8. The van der Waals surface area contributed by atoms with E-state index in [1.165, 1.54) is 0 Å². The second-order valence-electron chi connectivity index (χ2n) is 6.15. The fraction of sp³-hybridized carbons (Fsp3) is 0.300. The van der Waals surface area contributed by atoms with Gasteiger partial charge in [0.25, 0.3) is 0 Å². The normalized spacial score (nSPS) is 18.5. The van der Waals surface area contributed by atoms with Crippen LogP contribution in [-0.4, -0.2) is 23.6 Å². The zero-order chi connectivity index (χ0) is 18.5. The topological polar surface area (TPSA) is 84.9 Å². The van der Waals surface area contributed by atoms with Gasteiger partial charge in [-0.05, 0) is 68.3 Å². The lowest BCUT2D eigenvalue weighted by atomic mass is 9.73. The summed E-state index contributed by atoms with van der Waals surface area (Å²) >= 11 is 0. The van der Waals surface area contributed by atoms with Crippen molar-refractivity contribution in [2.75, 3.05) is 11.9 Å². The zero-order valence-corrected chi connectivity index (χ0v) is 14.5. The molecule has 2 unspecified atom stereocenters. The Bertz CT molecular complexity index is 770. The molecule has 2 atom stereocenters. The molecule has 2 N–H and O–H groups in total. The largest absolute Gasteiger partial charge is 0.494 e. The Morgan fingerprint density at radius 1 is 0.962 bits per heavy atom. The third kappa shape index (κ3) is 4.14. The van der Waals surface area contributed by atoms with E-state index in [4.69, 9.17) is 14.6 Å². The van der Waals surface area contributed by atoms with Crippen molar-refractivity contribution >= 4 is 17.6 Å². The summed E-state index contributed by atoms with van der Waals surface area (Å²) in [5.74, 6) is -0.0688. The lowest BCUT2D eigenvalue weighted by molar-refractivity contribution is -0.151. The van der Waals surface area contributed by atoms with E-state index < -0.39 is 17.8 Å². The molecular weight excluding hydrogens is 334 g/mol. The number of aliphatic carboxylic acids is 1. The van der Waals surface area contributed by atoms with Crippen molar-refractivity contribution in [2.45, 2.75) is 19.8 Å². The van der Waals surface area contributed by atoms with Gasteiger partial charge < -0.3 is 19.9 Å². The van der Waals surface area contributed by atoms with Crippen LogP contribution in [0.4, 0.5) is 5.69 Å². The molecule has 1 amide bonds. The Kier molecular flexibility index (Phi) is 5.41. The summed E-state index contributed by atoms with van der Waals surface area (Å²) in [6.45, 7) is 2.54. The van der Waals surface area contributed by atoms with Gasteiger partial charge in [0, 0.05) is 5.69 Å². The van der Waals surface area contributed by atoms with Gasteiger partial charge in [0.05, 0.1) is 18.4 Å². The lowest BCUT2D eigenvalue weighted by Crippen LogP contribution is -2.41.